The molecule has 6 heteroatoms. The molecule has 106 valence electrons. The Bertz CT molecular complexity index is 593. The quantitative estimate of drug-likeness (QED) is 0.794. The van der Waals surface area contributed by atoms with Crippen LogP contribution in [0.2, 0.25) is 5.15 Å². The van der Waals surface area contributed by atoms with Crippen LogP contribution in [0.1, 0.15) is 20.8 Å². The molecule has 1 aromatic heterocycles. The Morgan fingerprint density at radius 2 is 1.95 bits per heavy atom. The minimum atomic E-state index is -0.578. The van der Waals surface area contributed by atoms with Crippen molar-refractivity contribution in [2.24, 2.45) is 0 Å². The van der Waals surface area contributed by atoms with Gasteiger partial charge in [0.2, 0.25) is 5.13 Å². The second-order valence-electron chi connectivity index (χ2n) is 5.10. The predicted octanol–water partition coefficient (Wildman–Crippen LogP) is 4.87. The molecule has 0 saturated carbocycles. The van der Waals surface area contributed by atoms with Crippen molar-refractivity contribution < 1.29 is 9.53 Å². The van der Waals surface area contributed by atoms with E-state index in [1.807, 2.05) is 51.1 Å². The van der Waals surface area contributed by atoms with E-state index >= 15 is 0 Å². The van der Waals surface area contributed by atoms with Crippen LogP contribution in [0, 0.1) is 0 Å². The van der Waals surface area contributed by atoms with Crippen molar-refractivity contribution in [2.75, 3.05) is 4.90 Å². The molecule has 2 aromatic rings. The van der Waals surface area contributed by atoms with Gasteiger partial charge in [0.25, 0.3) is 0 Å². The molecule has 0 aliphatic carbocycles. The van der Waals surface area contributed by atoms with Crippen molar-refractivity contribution in [1.29, 1.82) is 0 Å². The summed E-state index contributed by atoms with van der Waals surface area (Å²) in [7, 11) is 0. The highest BCUT2D eigenvalue weighted by atomic mass is 35.5. The fraction of sp³-hybridized carbons (Fsp3) is 0.286. The maximum Gasteiger partial charge on any atom is 0.421 e. The molecule has 0 fully saturated rings. The van der Waals surface area contributed by atoms with E-state index < -0.39 is 11.7 Å². The monoisotopic (exact) mass is 310 g/mol. The molecule has 2 rings (SSSR count). The van der Waals surface area contributed by atoms with Gasteiger partial charge in [0, 0.05) is 5.38 Å². The average molecular weight is 311 g/mol. The van der Waals surface area contributed by atoms with Gasteiger partial charge >= 0.3 is 6.09 Å². The third-order valence-corrected chi connectivity index (χ3v) is 3.39. The van der Waals surface area contributed by atoms with Crippen molar-refractivity contribution in [3.63, 3.8) is 0 Å². The first-order valence-electron chi connectivity index (χ1n) is 6.06. The summed E-state index contributed by atoms with van der Waals surface area (Å²) in [6.07, 6.45) is -0.477. The number of carbonyl (C=O) groups is 1. The molecule has 0 saturated heterocycles. The fourth-order valence-electron chi connectivity index (χ4n) is 1.53. The number of amides is 1. The third kappa shape index (κ3) is 3.71. The molecule has 0 bridgehead atoms. The SMILES string of the molecule is CC(C)(C)OC(=O)N(c1ccccc1)c1nc(Cl)cs1. The number of nitrogens with zero attached hydrogens (tertiary/aromatic N) is 2. The van der Waals surface area contributed by atoms with Crippen molar-refractivity contribution in [1.82, 2.24) is 4.98 Å². The number of ether oxygens (including phenoxy) is 1. The first-order valence-corrected chi connectivity index (χ1v) is 7.32. The predicted molar refractivity (Wildman–Crippen MR) is 81.9 cm³/mol. The number of anilines is 2. The minimum absolute atomic E-state index is 0.356. The Labute approximate surface area is 127 Å². The van der Waals surface area contributed by atoms with Crippen LogP contribution in [-0.4, -0.2) is 16.7 Å². The third-order valence-electron chi connectivity index (χ3n) is 2.25. The van der Waals surface area contributed by atoms with Gasteiger partial charge in [-0.15, -0.1) is 11.3 Å². The Morgan fingerprint density at radius 1 is 1.30 bits per heavy atom. The summed E-state index contributed by atoms with van der Waals surface area (Å²) in [6.45, 7) is 5.47. The lowest BCUT2D eigenvalue weighted by atomic mass is 10.2. The first kappa shape index (κ1) is 14.8. The van der Waals surface area contributed by atoms with Gasteiger partial charge in [-0.2, -0.15) is 0 Å². The minimum Gasteiger partial charge on any atom is -0.443 e. The highest BCUT2D eigenvalue weighted by Gasteiger charge is 2.26. The van der Waals surface area contributed by atoms with E-state index in [1.165, 1.54) is 16.2 Å². The largest absolute Gasteiger partial charge is 0.443 e. The molecule has 0 aliphatic heterocycles. The van der Waals surface area contributed by atoms with E-state index in [0.29, 0.717) is 16.0 Å². The number of rotatable bonds is 2. The lowest BCUT2D eigenvalue weighted by molar-refractivity contribution is 0.0599. The zero-order chi connectivity index (χ0) is 14.8. The van der Waals surface area contributed by atoms with E-state index in [4.69, 9.17) is 16.3 Å². The Hall–Kier alpha value is -1.59. The van der Waals surface area contributed by atoms with Gasteiger partial charge in [-0.25, -0.2) is 14.7 Å². The van der Waals surface area contributed by atoms with Crippen LogP contribution in [-0.2, 0) is 4.74 Å². The molecule has 1 amide bonds. The Kier molecular flexibility index (Phi) is 4.30. The smallest absolute Gasteiger partial charge is 0.421 e. The molecule has 0 radical (unpaired) electrons. The molecule has 0 aliphatic rings. The van der Waals surface area contributed by atoms with E-state index in [1.54, 1.807) is 5.38 Å². The summed E-state index contributed by atoms with van der Waals surface area (Å²) in [5.41, 5.74) is 0.110. The molecule has 0 unspecified atom stereocenters. The van der Waals surface area contributed by atoms with Gasteiger partial charge in [0.15, 0.2) is 0 Å². The van der Waals surface area contributed by atoms with Gasteiger partial charge < -0.3 is 4.74 Å². The number of carbonyl (C=O) groups excluding carboxylic acids is 1. The number of benzene rings is 1. The molecule has 0 atom stereocenters. The van der Waals surface area contributed by atoms with Crippen LogP contribution < -0.4 is 4.90 Å². The summed E-state index contributed by atoms with van der Waals surface area (Å²) in [5.74, 6) is 0. The van der Waals surface area contributed by atoms with Crippen LogP contribution in [0.15, 0.2) is 35.7 Å². The normalized spacial score (nSPS) is 11.2. The second kappa shape index (κ2) is 5.81. The van der Waals surface area contributed by atoms with Crippen molar-refractivity contribution >= 4 is 39.8 Å². The fourth-order valence-corrected chi connectivity index (χ4v) is 2.48. The topological polar surface area (TPSA) is 42.4 Å². The van der Waals surface area contributed by atoms with Gasteiger partial charge in [-0.05, 0) is 32.9 Å². The highest BCUT2D eigenvalue weighted by Crippen LogP contribution is 2.31. The van der Waals surface area contributed by atoms with Crippen LogP contribution in [0.25, 0.3) is 0 Å². The highest BCUT2D eigenvalue weighted by molar-refractivity contribution is 7.14. The molecule has 1 aromatic carbocycles. The number of halogens is 1. The van der Waals surface area contributed by atoms with Gasteiger partial charge in [0.1, 0.15) is 10.8 Å². The Morgan fingerprint density at radius 3 is 2.45 bits per heavy atom. The molecular weight excluding hydrogens is 296 g/mol. The van der Waals surface area contributed by atoms with Crippen LogP contribution in [0.4, 0.5) is 15.6 Å². The molecule has 1 heterocycles. The van der Waals surface area contributed by atoms with Crippen molar-refractivity contribution in [2.45, 2.75) is 26.4 Å². The molecule has 0 N–H and O–H groups in total. The summed E-state index contributed by atoms with van der Waals surface area (Å²) >= 11 is 7.14. The summed E-state index contributed by atoms with van der Waals surface area (Å²) < 4.78 is 5.43. The summed E-state index contributed by atoms with van der Waals surface area (Å²) in [4.78, 5) is 18.0. The second-order valence-corrected chi connectivity index (χ2v) is 6.33. The van der Waals surface area contributed by atoms with E-state index in [2.05, 4.69) is 4.98 Å². The van der Waals surface area contributed by atoms with E-state index in [9.17, 15) is 4.79 Å². The summed E-state index contributed by atoms with van der Waals surface area (Å²) in [6, 6.07) is 9.22. The van der Waals surface area contributed by atoms with E-state index in [-0.39, 0.29) is 0 Å². The standard InChI is InChI=1S/C14H15ClN2O2S/c1-14(2,3)19-13(18)17(10-7-5-4-6-8-10)12-16-11(15)9-20-12/h4-9H,1-3H3. The zero-order valence-electron chi connectivity index (χ0n) is 11.5. The van der Waals surface area contributed by atoms with Gasteiger partial charge in [-0.1, -0.05) is 29.8 Å². The first-order chi connectivity index (χ1) is 9.37. The number of aromatic nitrogens is 1. The summed E-state index contributed by atoms with van der Waals surface area (Å²) in [5, 5.41) is 2.52. The van der Waals surface area contributed by atoms with E-state index in [0.717, 1.165) is 0 Å². The average Bonchev–Trinajstić information content (AvgIpc) is 2.75. The van der Waals surface area contributed by atoms with Crippen molar-refractivity contribution in [3.05, 3.63) is 40.9 Å². The maximum atomic E-state index is 12.4. The molecule has 20 heavy (non-hydrogen) atoms. The van der Waals surface area contributed by atoms with Crippen LogP contribution in [0.3, 0.4) is 0 Å². The number of para-hydroxylation sites is 1. The number of thiazole rings is 1. The number of hydrogen-bond donors (Lipinski definition) is 0. The molecule has 0 spiro atoms. The lowest BCUT2D eigenvalue weighted by Gasteiger charge is -2.25. The number of hydrogen-bond acceptors (Lipinski definition) is 4. The van der Waals surface area contributed by atoms with Gasteiger partial charge in [0.05, 0.1) is 5.69 Å². The van der Waals surface area contributed by atoms with Gasteiger partial charge in [-0.3, -0.25) is 0 Å². The lowest BCUT2D eigenvalue weighted by Crippen LogP contribution is -2.33. The van der Waals surface area contributed by atoms with Crippen molar-refractivity contribution in [3.8, 4) is 0 Å². The molecule has 4 nitrogen and oxygen atoms in total. The van der Waals surface area contributed by atoms with Crippen LogP contribution in [0.5, 0.6) is 0 Å². The van der Waals surface area contributed by atoms with Crippen LogP contribution >= 0.6 is 22.9 Å². The maximum absolute atomic E-state index is 12.4. The Balaban J connectivity index is 2.37. The molecular formula is C14H15ClN2O2S. The zero-order valence-corrected chi connectivity index (χ0v) is 13.0.